The Morgan fingerprint density at radius 1 is 1.02 bits per heavy atom. The fourth-order valence-corrected chi connectivity index (χ4v) is 4.06. The maximum absolute atomic E-state index is 12.9. The van der Waals surface area contributed by atoms with Gasteiger partial charge >= 0.3 is 0 Å². The van der Waals surface area contributed by atoms with E-state index in [4.69, 9.17) is 29.2 Å². The molecule has 1 aromatic rings. The van der Waals surface area contributed by atoms with Gasteiger partial charge in [-0.05, 0) is 24.1 Å². The number of rotatable bonds is 19. The molecule has 2 aliphatic rings. The summed E-state index contributed by atoms with van der Waals surface area (Å²) in [7, 11) is 0. The predicted octanol–water partition coefficient (Wildman–Crippen LogP) is 0.319. The topological polar surface area (TPSA) is 190 Å². The van der Waals surface area contributed by atoms with Crippen molar-refractivity contribution in [3.8, 4) is 5.75 Å². The molecular formula is C25H34N6O9. The monoisotopic (exact) mass is 562 g/mol. The zero-order valence-corrected chi connectivity index (χ0v) is 22.2. The molecule has 3 rings (SSSR count). The summed E-state index contributed by atoms with van der Waals surface area (Å²) in [5.41, 5.74) is 9.16. The molecule has 2 aliphatic heterocycles. The van der Waals surface area contributed by atoms with Crippen molar-refractivity contribution in [3.63, 3.8) is 0 Å². The van der Waals surface area contributed by atoms with Crippen LogP contribution >= 0.6 is 0 Å². The number of nitrogens with zero attached hydrogens (tertiary/aromatic N) is 4. The highest BCUT2D eigenvalue weighted by atomic mass is 16.6. The second-order valence-electron chi connectivity index (χ2n) is 8.72. The van der Waals surface area contributed by atoms with Gasteiger partial charge in [-0.3, -0.25) is 24.5 Å². The Bertz CT molecular complexity index is 1080. The molecule has 1 fully saturated rings. The maximum Gasteiger partial charge on any atom is 0.258 e. The van der Waals surface area contributed by atoms with Crippen molar-refractivity contribution in [3.05, 3.63) is 39.8 Å². The van der Waals surface area contributed by atoms with Crippen LogP contribution in [0.3, 0.4) is 0 Å². The number of fused-ring (bicyclic) bond motifs is 1. The standard InChI is InChI=1S/C25H34N6O9/c26-30-28-7-9-37-11-13-39-15-14-38-12-10-36-8-6-27-23(33)17-40-21-3-1-2-18-19(21)16-31(25(18)35)20-4-5-22(32)29-24(20)34/h1-3,20H,4-17H2,(H,27,33)(H,29,32,34). The van der Waals surface area contributed by atoms with Crippen LogP contribution in [0.2, 0.25) is 0 Å². The third kappa shape index (κ3) is 9.77. The number of azide groups is 1. The van der Waals surface area contributed by atoms with Crippen molar-refractivity contribution < 1.29 is 42.9 Å². The van der Waals surface area contributed by atoms with E-state index in [0.29, 0.717) is 82.8 Å². The number of carbonyl (C=O) groups is 4. The lowest BCUT2D eigenvalue weighted by molar-refractivity contribution is -0.137. The van der Waals surface area contributed by atoms with E-state index >= 15 is 0 Å². The molecule has 0 spiro atoms. The molecule has 0 radical (unpaired) electrons. The van der Waals surface area contributed by atoms with E-state index in [0.717, 1.165) is 0 Å². The summed E-state index contributed by atoms with van der Waals surface area (Å²) in [6.07, 6.45) is 0.441. The normalized spacial score (nSPS) is 16.4. The minimum Gasteiger partial charge on any atom is -0.483 e. The van der Waals surface area contributed by atoms with Gasteiger partial charge < -0.3 is 33.9 Å². The summed E-state index contributed by atoms with van der Waals surface area (Å²) < 4.78 is 27.0. The number of amides is 4. The van der Waals surface area contributed by atoms with E-state index in [2.05, 4.69) is 20.7 Å². The van der Waals surface area contributed by atoms with E-state index in [1.54, 1.807) is 18.2 Å². The molecule has 2 heterocycles. The van der Waals surface area contributed by atoms with E-state index in [1.165, 1.54) is 4.90 Å². The number of benzene rings is 1. The Labute approximate surface area is 231 Å². The third-order valence-corrected chi connectivity index (χ3v) is 5.98. The SMILES string of the molecule is [N-]=[N+]=NCCOCCOCCOCCOCCNC(=O)COc1cccc2c1CN(C1CCC(=O)NC1=O)C2=O. The Balaban J connectivity index is 1.23. The van der Waals surface area contributed by atoms with Crippen LogP contribution in [0.25, 0.3) is 10.4 Å². The largest absolute Gasteiger partial charge is 0.483 e. The zero-order valence-electron chi connectivity index (χ0n) is 22.2. The van der Waals surface area contributed by atoms with E-state index in [-0.39, 0.29) is 43.7 Å². The molecule has 1 atom stereocenters. The molecule has 2 N–H and O–H groups in total. The molecule has 40 heavy (non-hydrogen) atoms. The van der Waals surface area contributed by atoms with Crippen LogP contribution in [0, 0.1) is 0 Å². The van der Waals surface area contributed by atoms with Gasteiger partial charge in [-0.15, -0.1) is 0 Å². The smallest absolute Gasteiger partial charge is 0.258 e. The lowest BCUT2D eigenvalue weighted by Crippen LogP contribution is -2.52. The molecule has 15 nitrogen and oxygen atoms in total. The molecule has 218 valence electrons. The number of imide groups is 1. The lowest BCUT2D eigenvalue weighted by atomic mass is 10.0. The quantitative estimate of drug-likeness (QED) is 0.0786. The minimum absolute atomic E-state index is 0.162. The summed E-state index contributed by atoms with van der Waals surface area (Å²) in [4.78, 5) is 52.8. The van der Waals surface area contributed by atoms with Crippen LogP contribution in [0.1, 0.15) is 28.8 Å². The highest BCUT2D eigenvalue weighted by Gasteiger charge is 2.40. The fraction of sp³-hybridized carbons (Fsp3) is 0.600. The molecule has 0 aromatic heterocycles. The van der Waals surface area contributed by atoms with Crippen molar-refractivity contribution in [2.75, 3.05) is 72.6 Å². The van der Waals surface area contributed by atoms with Gasteiger partial charge in [0.2, 0.25) is 11.8 Å². The summed E-state index contributed by atoms with van der Waals surface area (Å²) in [6, 6.07) is 4.26. The third-order valence-electron chi connectivity index (χ3n) is 5.98. The molecule has 1 aromatic carbocycles. The summed E-state index contributed by atoms with van der Waals surface area (Å²) in [5, 5.41) is 8.33. The molecule has 0 bridgehead atoms. The van der Waals surface area contributed by atoms with Crippen LogP contribution < -0.4 is 15.4 Å². The zero-order chi connectivity index (χ0) is 28.6. The second kappa shape index (κ2) is 17.0. The van der Waals surface area contributed by atoms with Gasteiger partial charge in [-0.1, -0.05) is 11.2 Å². The van der Waals surface area contributed by atoms with Gasteiger partial charge in [0, 0.05) is 35.5 Å². The van der Waals surface area contributed by atoms with Crippen LogP contribution in [-0.2, 0) is 39.9 Å². The summed E-state index contributed by atoms with van der Waals surface area (Å²) in [5.74, 6) is -1.09. The van der Waals surface area contributed by atoms with Gasteiger partial charge in [-0.2, -0.15) is 0 Å². The molecule has 0 aliphatic carbocycles. The predicted molar refractivity (Wildman–Crippen MR) is 138 cm³/mol. The molecule has 0 saturated carbocycles. The Kier molecular flexibility index (Phi) is 13.1. The number of piperidine rings is 1. The van der Waals surface area contributed by atoms with Crippen LogP contribution in [0.5, 0.6) is 5.75 Å². The maximum atomic E-state index is 12.9. The Morgan fingerprint density at radius 3 is 2.38 bits per heavy atom. The second-order valence-corrected chi connectivity index (χ2v) is 8.72. The van der Waals surface area contributed by atoms with Crippen LogP contribution in [0.15, 0.2) is 23.3 Å². The molecule has 4 amide bonds. The van der Waals surface area contributed by atoms with Crippen molar-refractivity contribution >= 4 is 23.6 Å². The highest BCUT2D eigenvalue weighted by Crippen LogP contribution is 2.33. The van der Waals surface area contributed by atoms with Crippen molar-refractivity contribution in [2.45, 2.75) is 25.4 Å². The number of ether oxygens (including phenoxy) is 5. The molecule has 1 unspecified atom stereocenters. The van der Waals surface area contributed by atoms with Crippen molar-refractivity contribution in [2.24, 2.45) is 5.11 Å². The van der Waals surface area contributed by atoms with E-state index in [1.807, 2.05) is 0 Å². The average Bonchev–Trinajstić information content (AvgIpc) is 3.28. The van der Waals surface area contributed by atoms with Crippen LogP contribution in [-0.4, -0.2) is 107 Å². The molecule has 15 heteroatoms. The highest BCUT2D eigenvalue weighted by molar-refractivity contribution is 6.05. The van der Waals surface area contributed by atoms with Gasteiger partial charge in [0.05, 0.1) is 59.4 Å². The summed E-state index contributed by atoms with van der Waals surface area (Å²) in [6.45, 7) is 3.58. The van der Waals surface area contributed by atoms with Gasteiger partial charge in [0.1, 0.15) is 11.8 Å². The van der Waals surface area contributed by atoms with Crippen LogP contribution in [0.4, 0.5) is 0 Å². The number of nitrogens with one attached hydrogen (secondary N) is 2. The average molecular weight is 563 g/mol. The van der Waals surface area contributed by atoms with Crippen molar-refractivity contribution in [1.29, 1.82) is 0 Å². The summed E-state index contributed by atoms with van der Waals surface area (Å²) >= 11 is 0. The first-order valence-corrected chi connectivity index (χ1v) is 13.0. The first kappa shape index (κ1) is 30.8. The van der Waals surface area contributed by atoms with Gasteiger partial charge in [0.15, 0.2) is 6.61 Å². The molecular weight excluding hydrogens is 528 g/mol. The Hall–Kier alpha value is -3.75. The molecule has 1 saturated heterocycles. The van der Waals surface area contributed by atoms with Crippen molar-refractivity contribution in [1.82, 2.24) is 15.5 Å². The van der Waals surface area contributed by atoms with Gasteiger partial charge in [0.25, 0.3) is 11.8 Å². The fourth-order valence-electron chi connectivity index (χ4n) is 4.06. The Morgan fingerprint density at radius 2 is 1.70 bits per heavy atom. The van der Waals surface area contributed by atoms with E-state index < -0.39 is 11.9 Å². The minimum atomic E-state index is -0.722. The first-order chi connectivity index (χ1) is 19.5. The number of carbonyl (C=O) groups excluding carboxylic acids is 4. The number of hydrogen-bond acceptors (Lipinski definition) is 10. The van der Waals surface area contributed by atoms with Gasteiger partial charge in [-0.25, -0.2) is 0 Å². The van der Waals surface area contributed by atoms with E-state index in [9.17, 15) is 19.2 Å². The lowest BCUT2D eigenvalue weighted by Gasteiger charge is -2.29. The number of hydrogen-bond donors (Lipinski definition) is 2. The first-order valence-electron chi connectivity index (χ1n) is 13.0.